The molecule has 0 saturated heterocycles. The number of hydrogen-bond donors (Lipinski definition) is 2. The van der Waals surface area contributed by atoms with Gasteiger partial charge in [0.1, 0.15) is 11.3 Å². The van der Waals surface area contributed by atoms with Crippen LogP contribution in [0.3, 0.4) is 0 Å². The molecule has 5 heteroatoms. The maximum absolute atomic E-state index is 10.6. The van der Waals surface area contributed by atoms with Crippen LogP contribution in [0, 0.1) is 0 Å². The molecule has 1 aromatic heterocycles. The maximum atomic E-state index is 10.6. The Hall–Kier alpha value is -2.17. The molecule has 5 nitrogen and oxygen atoms in total. The number of carboxylic acid groups (broad SMARTS) is 1. The zero-order chi connectivity index (χ0) is 14.1. The van der Waals surface area contributed by atoms with Crippen LogP contribution in [-0.4, -0.2) is 26.4 Å². The second kappa shape index (κ2) is 8.00. The topological polar surface area (TPSA) is 83.3 Å². The molecule has 1 aromatic carbocycles. The highest BCUT2D eigenvalue weighted by Crippen LogP contribution is 2.23. The number of aromatic nitrogens is 2. The number of hydrogen-bond acceptors (Lipinski definition) is 4. The second-order valence-corrected chi connectivity index (χ2v) is 2.77. The van der Waals surface area contributed by atoms with Crippen LogP contribution in [-0.2, 0) is 0 Å². The molecule has 0 aliphatic heterocycles. The average Bonchev–Trinajstić information content (AvgIpc) is 2.43. The Morgan fingerprint density at radius 1 is 1.17 bits per heavy atom. The number of benzene rings is 1. The molecule has 2 rings (SSSR count). The fourth-order valence-electron chi connectivity index (χ4n) is 1.21. The highest BCUT2D eigenvalue weighted by molar-refractivity contribution is 5.95. The van der Waals surface area contributed by atoms with Gasteiger partial charge in [0.05, 0.1) is 11.8 Å². The lowest BCUT2D eigenvalue weighted by Gasteiger charge is -2.00. The van der Waals surface area contributed by atoms with Crippen LogP contribution in [0.15, 0.2) is 24.4 Å². The lowest BCUT2D eigenvalue weighted by atomic mass is 10.1. The number of aromatic hydroxyl groups is 1. The van der Waals surface area contributed by atoms with E-state index in [1.165, 1.54) is 12.3 Å². The molecule has 0 unspecified atom stereocenters. The SMILES string of the molecule is CC.CC.O=C(O)c1cc(O)c2nnccc2c1. The summed E-state index contributed by atoms with van der Waals surface area (Å²) in [6.07, 6.45) is 1.44. The number of fused-ring (bicyclic) bond motifs is 1. The van der Waals surface area contributed by atoms with Crippen molar-refractivity contribution in [1.29, 1.82) is 0 Å². The summed E-state index contributed by atoms with van der Waals surface area (Å²) in [6.45, 7) is 8.00. The Morgan fingerprint density at radius 3 is 2.33 bits per heavy atom. The van der Waals surface area contributed by atoms with E-state index in [4.69, 9.17) is 5.11 Å². The van der Waals surface area contributed by atoms with Crippen LogP contribution >= 0.6 is 0 Å². The molecule has 0 bridgehead atoms. The predicted octanol–water partition coefficient (Wildman–Crippen LogP) is 3.09. The van der Waals surface area contributed by atoms with Gasteiger partial charge in [0.15, 0.2) is 0 Å². The van der Waals surface area contributed by atoms with Gasteiger partial charge in [-0.05, 0) is 18.2 Å². The van der Waals surface area contributed by atoms with Gasteiger partial charge in [-0.25, -0.2) is 4.79 Å². The Balaban J connectivity index is 0.000000659. The number of aromatic carboxylic acids is 1. The smallest absolute Gasteiger partial charge is 0.335 e. The molecule has 0 spiro atoms. The van der Waals surface area contributed by atoms with Crippen molar-refractivity contribution in [3.63, 3.8) is 0 Å². The number of carboxylic acids is 1. The fourth-order valence-corrected chi connectivity index (χ4v) is 1.21. The van der Waals surface area contributed by atoms with E-state index in [-0.39, 0.29) is 11.3 Å². The third-order valence-corrected chi connectivity index (χ3v) is 1.84. The van der Waals surface area contributed by atoms with Crippen LogP contribution in [0.25, 0.3) is 10.9 Å². The first-order valence-corrected chi connectivity index (χ1v) is 5.86. The minimum absolute atomic E-state index is 0.0306. The standard InChI is InChI=1S/C9H6N2O3.2C2H6/c12-7-4-6(9(13)14)3-5-1-2-10-11-8(5)7;2*1-2/h1-4,12H,(H,13,14);2*1-2H3. The Bertz CT molecular complexity index is 513. The fraction of sp³-hybridized carbons (Fsp3) is 0.308. The molecule has 1 heterocycles. The van der Waals surface area contributed by atoms with Crippen LogP contribution in [0.2, 0.25) is 0 Å². The zero-order valence-corrected chi connectivity index (χ0v) is 11.0. The first-order valence-electron chi connectivity index (χ1n) is 5.86. The number of rotatable bonds is 1. The van der Waals surface area contributed by atoms with Gasteiger partial charge in [-0.3, -0.25) is 0 Å². The maximum Gasteiger partial charge on any atom is 0.335 e. The Labute approximate surface area is 106 Å². The van der Waals surface area contributed by atoms with E-state index in [1.807, 2.05) is 27.7 Å². The van der Waals surface area contributed by atoms with Crippen molar-refractivity contribution in [2.75, 3.05) is 0 Å². The average molecular weight is 250 g/mol. The van der Waals surface area contributed by atoms with Gasteiger partial charge < -0.3 is 10.2 Å². The third kappa shape index (κ3) is 3.69. The number of carbonyl (C=O) groups is 1. The minimum atomic E-state index is -1.08. The van der Waals surface area contributed by atoms with E-state index in [2.05, 4.69) is 10.2 Å². The molecular formula is C13H18N2O3. The molecule has 0 amide bonds. The first-order chi connectivity index (χ1) is 8.68. The van der Waals surface area contributed by atoms with Gasteiger partial charge in [-0.2, -0.15) is 5.10 Å². The van der Waals surface area contributed by atoms with E-state index in [9.17, 15) is 9.90 Å². The highest BCUT2D eigenvalue weighted by Gasteiger charge is 2.08. The van der Waals surface area contributed by atoms with Crippen molar-refractivity contribution in [2.45, 2.75) is 27.7 Å². The number of phenolic OH excluding ortho intramolecular Hbond substituents is 1. The lowest BCUT2D eigenvalue weighted by Crippen LogP contribution is -1.96. The summed E-state index contributed by atoms with van der Waals surface area (Å²) in [4.78, 5) is 10.6. The summed E-state index contributed by atoms with van der Waals surface area (Å²) >= 11 is 0. The van der Waals surface area contributed by atoms with Crippen molar-refractivity contribution in [1.82, 2.24) is 10.2 Å². The molecule has 0 radical (unpaired) electrons. The quantitative estimate of drug-likeness (QED) is 0.812. The highest BCUT2D eigenvalue weighted by atomic mass is 16.4. The van der Waals surface area contributed by atoms with Crippen molar-refractivity contribution >= 4 is 16.9 Å². The Kier molecular flexibility index (Phi) is 7.04. The van der Waals surface area contributed by atoms with E-state index >= 15 is 0 Å². The van der Waals surface area contributed by atoms with Gasteiger partial charge in [-0.15, -0.1) is 5.10 Å². The monoisotopic (exact) mass is 250 g/mol. The number of nitrogens with zero attached hydrogens (tertiary/aromatic N) is 2. The molecule has 0 saturated carbocycles. The van der Waals surface area contributed by atoms with Crippen molar-refractivity contribution < 1.29 is 15.0 Å². The van der Waals surface area contributed by atoms with Crippen LogP contribution < -0.4 is 0 Å². The first kappa shape index (κ1) is 15.8. The van der Waals surface area contributed by atoms with Gasteiger partial charge >= 0.3 is 5.97 Å². The van der Waals surface area contributed by atoms with E-state index in [1.54, 1.807) is 6.07 Å². The molecule has 18 heavy (non-hydrogen) atoms. The summed E-state index contributed by atoms with van der Waals surface area (Å²) in [5.41, 5.74) is 0.334. The van der Waals surface area contributed by atoms with Gasteiger partial charge in [0.2, 0.25) is 0 Å². The third-order valence-electron chi connectivity index (χ3n) is 1.84. The summed E-state index contributed by atoms with van der Waals surface area (Å²) < 4.78 is 0. The molecule has 0 atom stereocenters. The molecule has 2 N–H and O–H groups in total. The summed E-state index contributed by atoms with van der Waals surface area (Å²) in [7, 11) is 0. The summed E-state index contributed by atoms with van der Waals surface area (Å²) in [6, 6.07) is 4.18. The zero-order valence-electron chi connectivity index (χ0n) is 11.0. The van der Waals surface area contributed by atoms with E-state index < -0.39 is 5.97 Å². The van der Waals surface area contributed by atoms with Crippen LogP contribution in [0.4, 0.5) is 0 Å². The minimum Gasteiger partial charge on any atom is -0.506 e. The summed E-state index contributed by atoms with van der Waals surface area (Å²) in [5, 5.41) is 26.0. The van der Waals surface area contributed by atoms with Crippen molar-refractivity contribution in [3.8, 4) is 5.75 Å². The molecule has 2 aromatic rings. The van der Waals surface area contributed by atoms with Gasteiger partial charge in [0, 0.05) is 5.39 Å². The lowest BCUT2D eigenvalue weighted by molar-refractivity contribution is 0.0696. The van der Waals surface area contributed by atoms with Gasteiger partial charge in [0.25, 0.3) is 0 Å². The van der Waals surface area contributed by atoms with E-state index in [0.29, 0.717) is 10.9 Å². The largest absolute Gasteiger partial charge is 0.506 e. The normalized spacial score (nSPS) is 8.67. The number of phenols is 1. The van der Waals surface area contributed by atoms with Gasteiger partial charge in [-0.1, -0.05) is 27.7 Å². The molecule has 98 valence electrons. The molecule has 0 aliphatic rings. The molecule has 0 fully saturated rings. The van der Waals surface area contributed by atoms with Crippen molar-refractivity contribution in [3.05, 3.63) is 30.0 Å². The van der Waals surface area contributed by atoms with Crippen molar-refractivity contribution in [2.24, 2.45) is 0 Å². The van der Waals surface area contributed by atoms with E-state index in [0.717, 1.165) is 6.07 Å². The second-order valence-electron chi connectivity index (χ2n) is 2.77. The van der Waals surface area contributed by atoms with Crippen LogP contribution in [0.5, 0.6) is 5.75 Å². The molecule has 0 aliphatic carbocycles. The predicted molar refractivity (Wildman–Crippen MR) is 70.9 cm³/mol. The van der Waals surface area contributed by atoms with Crippen LogP contribution in [0.1, 0.15) is 38.1 Å². The molecular weight excluding hydrogens is 232 g/mol. The summed E-state index contributed by atoms with van der Waals surface area (Å²) in [5.74, 6) is -1.26. The Morgan fingerprint density at radius 2 is 1.78 bits per heavy atom.